The molecule has 0 radical (unpaired) electrons. The van der Waals surface area contributed by atoms with Gasteiger partial charge < -0.3 is 15.7 Å². The summed E-state index contributed by atoms with van der Waals surface area (Å²) in [6.45, 7) is 5.41. The Morgan fingerprint density at radius 3 is 2.88 bits per heavy atom. The molecular formula is C13H26N2O2. The molecule has 0 aromatic rings. The zero-order valence-electron chi connectivity index (χ0n) is 11.1. The van der Waals surface area contributed by atoms with Crippen molar-refractivity contribution >= 4 is 5.91 Å². The molecule has 1 fully saturated rings. The lowest BCUT2D eigenvalue weighted by Crippen LogP contribution is -2.54. The highest BCUT2D eigenvalue weighted by Gasteiger charge is 2.34. The van der Waals surface area contributed by atoms with E-state index in [1.54, 1.807) is 0 Å². The summed E-state index contributed by atoms with van der Waals surface area (Å²) in [5, 5.41) is 15.7. The van der Waals surface area contributed by atoms with Gasteiger partial charge in [0.1, 0.15) is 0 Å². The van der Waals surface area contributed by atoms with Gasteiger partial charge >= 0.3 is 0 Å². The zero-order chi connectivity index (χ0) is 12.7. The summed E-state index contributed by atoms with van der Waals surface area (Å²) in [5.74, 6) is 0.653. The number of hydrogen-bond donors (Lipinski definition) is 3. The van der Waals surface area contributed by atoms with Gasteiger partial charge in [0.05, 0.1) is 13.2 Å². The first-order valence-corrected chi connectivity index (χ1v) is 6.74. The van der Waals surface area contributed by atoms with Crippen molar-refractivity contribution in [3.05, 3.63) is 0 Å². The summed E-state index contributed by atoms with van der Waals surface area (Å²) >= 11 is 0. The molecule has 0 saturated heterocycles. The molecule has 0 aromatic carbocycles. The molecule has 2 unspecified atom stereocenters. The predicted molar refractivity (Wildman–Crippen MR) is 68.8 cm³/mol. The van der Waals surface area contributed by atoms with Crippen LogP contribution in [-0.4, -0.2) is 36.2 Å². The number of carbonyl (C=O) groups is 1. The second kappa shape index (κ2) is 6.97. The lowest BCUT2D eigenvalue weighted by molar-refractivity contribution is -0.120. The van der Waals surface area contributed by atoms with Crippen LogP contribution in [-0.2, 0) is 4.79 Å². The fourth-order valence-electron chi connectivity index (χ4n) is 2.61. The molecule has 4 heteroatoms. The van der Waals surface area contributed by atoms with Gasteiger partial charge in [-0.2, -0.15) is 0 Å². The molecule has 1 aliphatic rings. The monoisotopic (exact) mass is 242 g/mol. The van der Waals surface area contributed by atoms with Crippen LogP contribution >= 0.6 is 0 Å². The summed E-state index contributed by atoms with van der Waals surface area (Å²) in [4.78, 5) is 11.5. The lowest BCUT2D eigenvalue weighted by atomic mass is 9.77. The molecular weight excluding hydrogens is 216 g/mol. The van der Waals surface area contributed by atoms with Crippen LogP contribution < -0.4 is 10.6 Å². The van der Waals surface area contributed by atoms with Crippen LogP contribution in [0.4, 0.5) is 0 Å². The highest BCUT2D eigenvalue weighted by molar-refractivity contribution is 5.78. The van der Waals surface area contributed by atoms with E-state index in [0.29, 0.717) is 12.5 Å². The van der Waals surface area contributed by atoms with Gasteiger partial charge in [-0.15, -0.1) is 0 Å². The molecule has 0 spiro atoms. The van der Waals surface area contributed by atoms with Crippen LogP contribution in [0.25, 0.3) is 0 Å². The summed E-state index contributed by atoms with van der Waals surface area (Å²) in [6.07, 6.45) is 5.24. The van der Waals surface area contributed by atoms with Gasteiger partial charge in [-0.25, -0.2) is 0 Å². The summed E-state index contributed by atoms with van der Waals surface area (Å²) < 4.78 is 0. The van der Waals surface area contributed by atoms with Gasteiger partial charge in [-0.1, -0.05) is 26.7 Å². The van der Waals surface area contributed by atoms with Crippen molar-refractivity contribution in [2.75, 3.05) is 19.7 Å². The van der Waals surface area contributed by atoms with E-state index in [4.69, 9.17) is 0 Å². The number of carbonyl (C=O) groups excluding carboxylic acids is 1. The van der Waals surface area contributed by atoms with E-state index in [-0.39, 0.29) is 18.1 Å². The van der Waals surface area contributed by atoms with Gasteiger partial charge in [0.2, 0.25) is 5.91 Å². The van der Waals surface area contributed by atoms with Crippen LogP contribution in [0.15, 0.2) is 0 Å². The second-order valence-corrected chi connectivity index (χ2v) is 5.34. The third kappa shape index (κ3) is 4.64. The van der Waals surface area contributed by atoms with E-state index in [1.807, 2.05) is 6.92 Å². The van der Waals surface area contributed by atoms with Crippen molar-refractivity contribution in [1.82, 2.24) is 10.6 Å². The van der Waals surface area contributed by atoms with Crippen LogP contribution in [0, 0.1) is 5.92 Å². The molecule has 0 aliphatic heterocycles. The standard InChI is InChI=1S/C13H26N2O2/c1-3-7-14-12(17)9-15-13(10-16)6-4-5-11(2)8-13/h11,15-16H,3-10H2,1-2H3,(H,14,17). The quantitative estimate of drug-likeness (QED) is 0.652. The molecule has 4 nitrogen and oxygen atoms in total. The Morgan fingerprint density at radius 1 is 1.53 bits per heavy atom. The number of hydrogen-bond acceptors (Lipinski definition) is 3. The molecule has 100 valence electrons. The maximum absolute atomic E-state index is 11.5. The van der Waals surface area contributed by atoms with Gasteiger partial charge in [0, 0.05) is 12.1 Å². The SMILES string of the molecule is CCCNC(=O)CNC1(CO)CCCC(C)C1. The average molecular weight is 242 g/mol. The molecule has 0 bridgehead atoms. The minimum atomic E-state index is -0.235. The van der Waals surface area contributed by atoms with Crippen molar-refractivity contribution in [2.45, 2.75) is 51.5 Å². The smallest absolute Gasteiger partial charge is 0.233 e. The number of rotatable bonds is 6. The van der Waals surface area contributed by atoms with Gasteiger partial charge in [-0.05, 0) is 25.2 Å². The first-order valence-electron chi connectivity index (χ1n) is 6.74. The number of amides is 1. The molecule has 1 amide bonds. The maximum atomic E-state index is 11.5. The Morgan fingerprint density at radius 2 is 2.29 bits per heavy atom. The van der Waals surface area contributed by atoms with E-state index < -0.39 is 0 Å². The normalized spacial score (nSPS) is 29.0. The van der Waals surface area contributed by atoms with Gasteiger partial charge in [0.25, 0.3) is 0 Å². The average Bonchev–Trinajstić information content (AvgIpc) is 2.34. The largest absolute Gasteiger partial charge is 0.394 e. The number of aliphatic hydroxyl groups excluding tert-OH is 1. The van der Waals surface area contributed by atoms with Crippen molar-refractivity contribution in [3.8, 4) is 0 Å². The first kappa shape index (κ1) is 14.5. The van der Waals surface area contributed by atoms with E-state index in [0.717, 1.165) is 32.2 Å². The molecule has 17 heavy (non-hydrogen) atoms. The van der Waals surface area contributed by atoms with Crippen LogP contribution in [0.5, 0.6) is 0 Å². The molecule has 3 N–H and O–H groups in total. The summed E-state index contributed by atoms with van der Waals surface area (Å²) in [5.41, 5.74) is -0.235. The van der Waals surface area contributed by atoms with E-state index in [2.05, 4.69) is 17.6 Å². The predicted octanol–water partition coefficient (Wildman–Crippen LogP) is 1.04. The van der Waals surface area contributed by atoms with Gasteiger partial charge in [0.15, 0.2) is 0 Å². The molecule has 1 aliphatic carbocycles. The summed E-state index contributed by atoms with van der Waals surface area (Å²) in [6, 6.07) is 0. The van der Waals surface area contributed by atoms with Crippen molar-refractivity contribution in [1.29, 1.82) is 0 Å². The fourth-order valence-corrected chi connectivity index (χ4v) is 2.61. The highest BCUT2D eigenvalue weighted by atomic mass is 16.3. The third-order valence-corrected chi connectivity index (χ3v) is 3.59. The topological polar surface area (TPSA) is 61.4 Å². The van der Waals surface area contributed by atoms with Crippen LogP contribution in [0.1, 0.15) is 46.0 Å². The van der Waals surface area contributed by atoms with E-state index in [9.17, 15) is 9.90 Å². The molecule has 1 saturated carbocycles. The Kier molecular flexibility index (Phi) is 5.92. The van der Waals surface area contributed by atoms with Crippen molar-refractivity contribution in [3.63, 3.8) is 0 Å². The number of aliphatic hydroxyl groups is 1. The molecule has 0 aromatic heterocycles. The lowest BCUT2D eigenvalue weighted by Gasteiger charge is -2.39. The number of nitrogens with one attached hydrogen (secondary N) is 2. The third-order valence-electron chi connectivity index (χ3n) is 3.59. The Hall–Kier alpha value is -0.610. The Balaban J connectivity index is 2.38. The first-order chi connectivity index (χ1) is 8.12. The van der Waals surface area contributed by atoms with Crippen molar-refractivity contribution < 1.29 is 9.90 Å². The minimum Gasteiger partial charge on any atom is -0.394 e. The van der Waals surface area contributed by atoms with Crippen LogP contribution in [0.3, 0.4) is 0 Å². The minimum absolute atomic E-state index is 0.0258. The van der Waals surface area contributed by atoms with Crippen LogP contribution in [0.2, 0.25) is 0 Å². The maximum Gasteiger partial charge on any atom is 0.233 e. The Labute approximate surface area is 104 Å². The second-order valence-electron chi connectivity index (χ2n) is 5.34. The fraction of sp³-hybridized carbons (Fsp3) is 0.923. The van der Waals surface area contributed by atoms with Gasteiger partial charge in [-0.3, -0.25) is 4.79 Å². The zero-order valence-corrected chi connectivity index (χ0v) is 11.1. The molecule has 1 rings (SSSR count). The summed E-state index contributed by atoms with van der Waals surface area (Å²) in [7, 11) is 0. The van der Waals surface area contributed by atoms with Crippen molar-refractivity contribution in [2.24, 2.45) is 5.92 Å². The Bertz CT molecular complexity index is 246. The van der Waals surface area contributed by atoms with E-state index in [1.165, 1.54) is 6.42 Å². The molecule has 0 heterocycles. The van der Waals surface area contributed by atoms with E-state index >= 15 is 0 Å². The highest BCUT2D eigenvalue weighted by Crippen LogP contribution is 2.31. The molecule has 2 atom stereocenters.